The molecule has 3 aromatic rings. The van der Waals surface area contributed by atoms with Crippen molar-refractivity contribution in [3.63, 3.8) is 0 Å². The van der Waals surface area contributed by atoms with E-state index in [1.807, 2.05) is 4.68 Å². The number of aryl methyl sites for hydroxylation is 1. The summed E-state index contributed by atoms with van der Waals surface area (Å²) in [6.07, 6.45) is 3.34. The fourth-order valence-electron chi connectivity index (χ4n) is 3.03. The molecule has 0 bridgehead atoms. The lowest BCUT2D eigenvalue weighted by Crippen LogP contribution is -2.07. The smallest absolute Gasteiger partial charge is 0.133 e. The van der Waals surface area contributed by atoms with Crippen molar-refractivity contribution in [2.75, 3.05) is 11.9 Å². The van der Waals surface area contributed by atoms with Crippen LogP contribution < -0.4 is 5.32 Å². The molecular formula is C18H18FN3S. The maximum Gasteiger partial charge on any atom is 0.133 e. The number of fused-ring (bicyclic) bond motifs is 1. The van der Waals surface area contributed by atoms with Gasteiger partial charge in [0.2, 0.25) is 0 Å². The van der Waals surface area contributed by atoms with Gasteiger partial charge < -0.3 is 5.32 Å². The zero-order valence-corrected chi connectivity index (χ0v) is 13.8. The molecule has 1 aromatic carbocycles. The van der Waals surface area contributed by atoms with E-state index in [1.54, 1.807) is 23.5 Å². The first-order chi connectivity index (χ1) is 11.2. The first kappa shape index (κ1) is 14.5. The fourth-order valence-corrected chi connectivity index (χ4v) is 3.91. The van der Waals surface area contributed by atoms with Crippen LogP contribution in [0, 0.1) is 12.7 Å². The molecule has 0 amide bonds. The van der Waals surface area contributed by atoms with Crippen LogP contribution in [0.2, 0.25) is 0 Å². The highest BCUT2D eigenvalue weighted by Crippen LogP contribution is 2.36. The summed E-state index contributed by atoms with van der Waals surface area (Å²) in [5.74, 6) is 0.823. The van der Waals surface area contributed by atoms with Gasteiger partial charge >= 0.3 is 0 Å². The van der Waals surface area contributed by atoms with Crippen LogP contribution >= 0.6 is 11.3 Å². The molecule has 3 heterocycles. The predicted octanol–water partition coefficient (Wildman–Crippen LogP) is 4.80. The molecule has 0 spiro atoms. The predicted molar refractivity (Wildman–Crippen MR) is 93.0 cm³/mol. The van der Waals surface area contributed by atoms with E-state index in [0.717, 1.165) is 43.0 Å². The zero-order valence-electron chi connectivity index (χ0n) is 13.0. The molecule has 1 aliphatic heterocycles. The quantitative estimate of drug-likeness (QED) is 0.733. The monoisotopic (exact) mass is 327 g/mol. The van der Waals surface area contributed by atoms with Crippen molar-refractivity contribution in [1.29, 1.82) is 0 Å². The first-order valence-corrected chi connectivity index (χ1v) is 8.72. The Morgan fingerprint density at radius 2 is 1.96 bits per heavy atom. The molecule has 3 nitrogen and oxygen atoms in total. The van der Waals surface area contributed by atoms with Crippen LogP contribution in [0.1, 0.15) is 23.3 Å². The van der Waals surface area contributed by atoms with Gasteiger partial charge in [-0.05, 0) is 62.6 Å². The molecule has 0 saturated carbocycles. The highest BCUT2D eigenvalue weighted by Gasteiger charge is 2.22. The molecule has 5 heteroatoms. The van der Waals surface area contributed by atoms with Gasteiger partial charge in [-0.2, -0.15) is 5.10 Å². The summed E-state index contributed by atoms with van der Waals surface area (Å²) < 4.78 is 15.2. The number of hydrogen-bond acceptors (Lipinski definition) is 3. The third-order valence-corrected chi connectivity index (χ3v) is 5.18. The molecule has 0 unspecified atom stereocenters. The van der Waals surface area contributed by atoms with Gasteiger partial charge in [-0.1, -0.05) is 0 Å². The minimum Gasteiger partial charge on any atom is -0.370 e. The highest BCUT2D eigenvalue weighted by atomic mass is 32.1. The third-order valence-electron chi connectivity index (χ3n) is 4.17. The van der Waals surface area contributed by atoms with Crippen molar-refractivity contribution < 1.29 is 4.39 Å². The Morgan fingerprint density at radius 3 is 2.70 bits per heavy atom. The topological polar surface area (TPSA) is 29.9 Å². The second-order valence-electron chi connectivity index (χ2n) is 5.86. The zero-order chi connectivity index (χ0) is 15.8. The van der Waals surface area contributed by atoms with Gasteiger partial charge in [-0.3, -0.25) is 0 Å². The van der Waals surface area contributed by atoms with Crippen molar-refractivity contribution in [2.45, 2.75) is 26.2 Å². The van der Waals surface area contributed by atoms with Crippen molar-refractivity contribution in [1.82, 2.24) is 9.78 Å². The van der Waals surface area contributed by atoms with Crippen LogP contribution in [0.25, 0.3) is 16.3 Å². The minimum atomic E-state index is -0.228. The van der Waals surface area contributed by atoms with Crippen molar-refractivity contribution in [2.24, 2.45) is 0 Å². The van der Waals surface area contributed by atoms with E-state index in [9.17, 15) is 4.39 Å². The van der Waals surface area contributed by atoms with Crippen molar-refractivity contribution in [3.05, 3.63) is 52.7 Å². The van der Waals surface area contributed by atoms with Crippen molar-refractivity contribution in [3.8, 4) is 16.3 Å². The number of hydrogen-bond donors (Lipinski definition) is 1. The fraction of sp³-hybridized carbons (Fsp3) is 0.278. The van der Waals surface area contributed by atoms with E-state index >= 15 is 0 Å². The normalized spacial score (nSPS) is 14.2. The molecule has 2 aromatic heterocycles. The van der Waals surface area contributed by atoms with Crippen LogP contribution in [0.4, 0.5) is 10.2 Å². The number of halogens is 1. The Labute approximate surface area is 138 Å². The average molecular weight is 327 g/mol. The second-order valence-corrected chi connectivity index (χ2v) is 7.15. The number of benzene rings is 1. The van der Waals surface area contributed by atoms with E-state index in [0.29, 0.717) is 0 Å². The Kier molecular flexibility index (Phi) is 3.65. The van der Waals surface area contributed by atoms with Gasteiger partial charge in [0, 0.05) is 17.0 Å². The maximum atomic E-state index is 13.2. The summed E-state index contributed by atoms with van der Waals surface area (Å²) in [5.41, 5.74) is 3.21. The third kappa shape index (κ3) is 2.65. The summed E-state index contributed by atoms with van der Waals surface area (Å²) in [5, 5.41) is 8.37. The van der Waals surface area contributed by atoms with E-state index < -0.39 is 0 Å². The Morgan fingerprint density at radius 1 is 1.13 bits per heavy atom. The summed E-state index contributed by atoms with van der Waals surface area (Å²) in [7, 11) is 0. The molecule has 1 N–H and O–H groups in total. The number of rotatable bonds is 2. The largest absolute Gasteiger partial charge is 0.370 e. The van der Waals surface area contributed by atoms with Crippen molar-refractivity contribution >= 4 is 17.2 Å². The van der Waals surface area contributed by atoms with Crippen LogP contribution in [0.5, 0.6) is 0 Å². The molecule has 0 fully saturated rings. The summed E-state index contributed by atoms with van der Waals surface area (Å²) in [4.78, 5) is 2.48. The standard InChI is InChI=1S/C18H18FN3S/c1-12-5-10-16(23-12)17-15-4-2-3-11-20-18(15)22(21-17)14-8-6-13(19)7-9-14/h5-10,20H,2-4,11H2,1H3. The SMILES string of the molecule is Cc1ccc(-c2nn(-c3ccc(F)cc3)c3c2CCCCN3)s1. The highest BCUT2D eigenvalue weighted by molar-refractivity contribution is 7.15. The Bertz CT molecular complexity index is 833. The van der Waals surface area contributed by atoms with Gasteiger partial charge in [0.1, 0.15) is 17.3 Å². The van der Waals surface area contributed by atoms with Gasteiger partial charge in [0.25, 0.3) is 0 Å². The summed E-state index contributed by atoms with van der Waals surface area (Å²) in [6, 6.07) is 10.8. The number of anilines is 1. The summed E-state index contributed by atoms with van der Waals surface area (Å²) >= 11 is 1.77. The Hall–Kier alpha value is -2.14. The molecule has 4 rings (SSSR count). The first-order valence-electron chi connectivity index (χ1n) is 7.91. The van der Waals surface area contributed by atoms with Gasteiger partial charge in [0.05, 0.1) is 10.6 Å². The number of nitrogens with zero attached hydrogens (tertiary/aromatic N) is 2. The Balaban J connectivity index is 1.89. The molecule has 118 valence electrons. The van der Waals surface area contributed by atoms with E-state index in [-0.39, 0.29) is 5.82 Å². The van der Waals surface area contributed by atoms with Gasteiger partial charge in [0.15, 0.2) is 0 Å². The lowest BCUT2D eigenvalue weighted by Gasteiger charge is -2.09. The lowest BCUT2D eigenvalue weighted by atomic mass is 10.1. The molecule has 0 aliphatic carbocycles. The summed E-state index contributed by atoms with van der Waals surface area (Å²) in [6.45, 7) is 3.06. The number of thiophene rings is 1. The van der Waals surface area contributed by atoms with Crippen LogP contribution in [0.3, 0.4) is 0 Å². The van der Waals surface area contributed by atoms with E-state index in [1.165, 1.54) is 27.5 Å². The second kappa shape index (κ2) is 5.81. The van der Waals surface area contributed by atoms with Gasteiger partial charge in [-0.15, -0.1) is 11.3 Å². The van der Waals surface area contributed by atoms with Crippen LogP contribution in [-0.4, -0.2) is 16.3 Å². The van der Waals surface area contributed by atoms with E-state index in [4.69, 9.17) is 5.10 Å². The molecule has 0 radical (unpaired) electrons. The van der Waals surface area contributed by atoms with Gasteiger partial charge in [-0.25, -0.2) is 9.07 Å². The number of nitrogens with one attached hydrogen (secondary N) is 1. The molecule has 23 heavy (non-hydrogen) atoms. The maximum absolute atomic E-state index is 13.2. The molecule has 1 aliphatic rings. The lowest BCUT2D eigenvalue weighted by molar-refractivity contribution is 0.627. The van der Waals surface area contributed by atoms with Crippen LogP contribution in [-0.2, 0) is 6.42 Å². The molecular weight excluding hydrogens is 309 g/mol. The number of aromatic nitrogens is 2. The molecule has 0 atom stereocenters. The van der Waals surface area contributed by atoms with E-state index in [2.05, 4.69) is 24.4 Å². The van der Waals surface area contributed by atoms with Crippen LogP contribution in [0.15, 0.2) is 36.4 Å². The average Bonchev–Trinajstić information content (AvgIpc) is 3.04. The molecule has 0 saturated heterocycles. The minimum absolute atomic E-state index is 0.228.